The zero-order valence-electron chi connectivity index (χ0n) is 27.7. The number of ketones is 1. The van der Waals surface area contributed by atoms with Crippen molar-refractivity contribution >= 4 is 11.7 Å². The van der Waals surface area contributed by atoms with Gasteiger partial charge in [0.25, 0.3) is 0 Å². The number of aryl methyl sites for hydroxylation is 1. The second-order valence-electron chi connectivity index (χ2n) is 15.9. The highest BCUT2D eigenvalue weighted by Crippen LogP contribution is 2.69. The van der Waals surface area contributed by atoms with E-state index in [1.807, 2.05) is 24.0 Å². The Balaban J connectivity index is 1.42. The van der Waals surface area contributed by atoms with Gasteiger partial charge in [0.1, 0.15) is 0 Å². The van der Waals surface area contributed by atoms with Gasteiger partial charge < -0.3 is 36.5 Å². The van der Waals surface area contributed by atoms with Crippen LogP contribution in [0.4, 0.5) is 0 Å². The smallest absolute Gasteiger partial charge is 0.185 e. The van der Waals surface area contributed by atoms with E-state index in [9.17, 15) is 25.2 Å². The molecule has 10 heteroatoms. The van der Waals surface area contributed by atoms with Gasteiger partial charge in [-0.2, -0.15) is 0 Å². The minimum atomic E-state index is -1.25. The third-order valence-electron chi connectivity index (χ3n) is 13.0. The molecule has 1 heterocycles. The van der Waals surface area contributed by atoms with E-state index >= 15 is 0 Å². The summed E-state index contributed by atoms with van der Waals surface area (Å²) in [6.45, 7) is 16.1. The van der Waals surface area contributed by atoms with Gasteiger partial charge in [-0.05, 0) is 91.1 Å². The SMILES string of the molecule is C=C(CC(O)C(C)C1CCC2(O)C3=CC(=O)C4CC(O)C(O)CC4(C)C3C(CN=C(N)N)CC12C)C(C)(C)CCn1ccnc1. The van der Waals surface area contributed by atoms with Crippen molar-refractivity contribution in [2.75, 3.05) is 6.54 Å². The summed E-state index contributed by atoms with van der Waals surface area (Å²) in [6, 6.07) is 0. The van der Waals surface area contributed by atoms with Gasteiger partial charge in [-0.1, -0.05) is 46.8 Å². The Morgan fingerprint density at radius 2 is 1.96 bits per heavy atom. The first-order chi connectivity index (χ1) is 20.9. The van der Waals surface area contributed by atoms with Gasteiger partial charge in [-0.3, -0.25) is 9.79 Å². The summed E-state index contributed by atoms with van der Waals surface area (Å²) in [4.78, 5) is 22.3. The predicted octanol–water partition coefficient (Wildman–Crippen LogP) is 2.95. The molecule has 0 bridgehead atoms. The maximum Gasteiger partial charge on any atom is 0.185 e. The fourth-order valence-electron chi connectivity index (χ4n) is 10.0. The van der Waals surface area contributed by atoms with Gasteiger partial charge in [0.2, 0.25) is 0 Å². The van der Waals surface area contributed by atoms with Gasteiger partial charge in [-0.15, -0.1) is 0 Å². The number of imidazole rings is 1. The minimum Gasteiger partial charge on any atom is -0.393 e. The molecule has 4 aliphatic carbocycles. The predicted molar refractivity (Wildman–Crippen MR) is 174 cm³/mol. The van der Waals surface area contributed by atoms with E-state index in [0.717, 1.165) is 18.5 Å². The minimum absolute atomic E-state index is 0.0138. The molecule has 0 spiro atoms. The van der Waals surface area contributed by atoms with Crippen LogP contribution in [0.5, 0.6) is 0 Å². The Morgan fingerprint density at radius 3 is 2.60 bits per heavy atom. The number of aliphatic hydroxyl groups excluding tert-OH is 3. The van der Waals surface area contributed by atoms with Crippen LogP contribution in [0.15, 0.2) is 47.5 Å². The van der Waals surface area contributed by atoms with Crippen molar-refractivity contribution in [2.45, 2.75) is 110 Å². The van der Waals surface area contributed by atoms with Crippen LogP contribution in [0.2, 0.25) is 0 Å². The van der Waals surface area contributed by atoms with E-state index in [1.165, 1.54) is 0 Å². The quantitative estimate of drug-likeness (QED) is 0.130. The van der Waals surface area contributed by atoms with Crippen LogP contribution in [0.3, 0.4) is 0 Å². The molecule has 0 radical (unpaired) electrons. The molecule has 8 N–H and O–H groups in total. The van der Waals surface area contributed by atoms with E-state index in [4.69, 9.17) is 11.5 Å². The van der Waals surface area contributed by atoms with Crippen LogP contribution in [0.25, 0.3) is 0 Å². The number of carbonyl (C=O) groups is 1. The van der Waals surface area contributed by atoms with Crippen molar-refractivity contribution in [1.82, 2.24) is 9.55 Å². The molecule has 45 heavy (non-hydrogen) atoms. The first-order valence-electron chi connectivity index (χ1n) is 16.7. The highest BCUT2D eigenvalue weighted by atomic mass is 16.3. The Morgan fingerprint density at radius 1 is 1.24 bits per heavy atom. The van der Waals surface area contributed by atoms with Crippen molar-refractivity contribution in [2.24, 2.45) is 62.3 Å². The lowest BCUT2D eigenvalue weighted by molar-refractivity contribution is -0.164. The number of nitrogens with two attached hydrogens (primary N) is 2. The average Bonchev–Trinajstić information content (AvgIpc) is 3.57. The molecule has 0 aliphatic heterocycles. The van der Waals surface area contributed by atoms with Gasteiger partial charge in [0, 0.05) is 36.8 Å². The molecule has 3 saturated carbocycles. The number of fused-ring (bicyclic) bond motifs is 5. The summed E-state index contributed by atoms with van der Waals surface area (Å²) in [6.07, 6.45) is 8.19. The van der Waals surface area contributed by atoms with Crippen LogP contribution in [0.1, 0.15) is 79.6 Å². The number of hydrogen-bond acceptors (Lipinski definition) is 7. The third-order valence-corrected chi connectivity index (χ3v) is 13.0. The number of nitrogens with zero attached hydrogens (tertiary/aromatic N) is 3. The Hall–Kier alpha value is -2.53. The second-order valence-corrected chi connectivity index (χ2v) is 15.9. The molecule has 4 aliphatic rings. The molecule has 10 nitrogen and oxygen atoms in total. The Bertz CT molecular complexity index is 1340. The van der Waals surface area contributed by atoms with Crippen molar-refractivity contribution in [1.29, 1.82) is 0 Å². The normalized spacial score (nSPS) is 39.2. The van der Waals surface area contributed by atoms with E-state index in [-0.39, 0.29) is 53.7 Å². The van der Waals surface area contributed by atoms with Crippen molar-refractivity contribution in [3.63, 3.8) is 0 Å². The molecule has 1 aromatic rings. The first-order valence-corrected chi connectivity index (χ1v) is 16.7. The molecule has 0 saturated heterocycles. The number of aromatic nitrogens is 2. The molecule has 0 amide bonds. The summed E-state index contributed by atoms with van der Waals surface area (Å²) >= 11 is 0. The third kappa shape index (κ3) is 5.70. The fourth-order valence-corrected chi connectivity index (χ4v) is 10.0. The average molecular weight is 626 g/mol. The lowest BCUT2D eigenvalue weighted by atomic mass is 9.43. The van der Waals surface area contributed by atoms with Crippen molar-refractivity contribution in [3.8, 4) is 0 Å². The lowest BCUT2D eigenvalue weighted by Gasteiger charge is -2.62. The van der Waals surface area contributed by atoms with E-state index in [0.29, 0.717) is 37.8 Å². The standard InChI is InChI=1S/C35H55N5O5/c1-20(32(3,4)9-11-40-12-10-38-19-40)13-26(41)21(2)23-7-8-35(45)25-15-27(42)24-14-28(43)29(44)17-33(24,5)30(25)22(16-34(23,35)6)18-39-31(36)37/h10,12,15,19,21-24,26,28-30,41,43-45H,1,7-9,11,13-14,16-18H2,2-6H3,(H4,36,37,39). The second kappa shape index (κ2) is 11.9. The molecule has 5 rings (SSSR count). The van der Waals surface area contributed by atoms with Crippen LogP contribution in [-0.2, 0) is 11.3 Å². The summed E-state index contributed by atoms with van der Waals surface area (Å²) in [7, 11) is 0. The zero-order valence-corrected chi connectivity index (χ0v) is 27.7. The molecule has 3 fully saturated rings. The van der Waals surface area contributed by atoms with Gasteiger partial charge >= 0.3 is 0 Å². The number of rotatable bonds is 10. The van der Waals surface area contributed by atoms with Crippen molar-refractivity contribution < 1.29 is 25.2 Å². The largest absolute Gasteiger partial charge is 0.393 e. The molecular formula is C35H55N5O5. The van der Waals surface area contributed by atoms with Crippen LogP contribution < -0.4 is 11.5 Å². The van der Waals surface area contributed by atoms with Gasteiger partial charge in [0.05, 0.1) is 30.2 Å². The number of carbonyl (C=O) groups excluding carboxylic acids is 1. The molecule has 11 atom stereocenters. The topological polar surface area (TPSA) is 180 Å². The zero-order chi connectivity index (χ0) is 33.1. The monoisotopic (exact) mass is 625 g/mol. The number of aliphatic hydroxyl groups is 4. The van der Waals surface area contributed by atoms with Crippen LogP contribution >= 0.6 is 0 Å². The summed E-state index contributed by atoms with van der Waals surface area (Å²) in [5.41, 5.74) is 10.6. The van der Waals surface area contributed by atoms with Gasteiger partial charge in [0.15, 0.2) is 11.7 Å². The molecule has 1 aromatic heterocycles. The molecule has 0 aromatic carbocycles. The maximum atomic E-state index is 13.7. The first kappa shape index (κ1) is 33.8. The van der Waals surface area contributed by atoms with E-state index < -0.39 is 40.7 Å². The maximum absolute atomic E-state index is 13.7. The summed E-state index contributed by atoms with van der Waals surface area (Å²) < 4.78 is 2.05. The van der Waals surface area contributed by atoms with Crippen LogP contribution in [-0.4, -0.2) is 72.2 Å². The number of allylic oxidation sites excluding steroid dienone is 1. The fraction of sp³-hybridized carbons (Fsp3) is 0.743. The molecular weight excluding hydrogens is 570 g/mol. The Labute approximate surface area is 267 Å². The van der Waals surface area contributed by atoms with E-state index in [2.05, 4.69) is 44.3 Å². The molecule has 11 unspecified atom stereocenters. The van der Waals surface area contributed by atoms with Crippen molar-refractivity contribution in [3.05, 3.63) is 42.5 Å². The van der Waals surface area contributed by atoms with Crippen LogP contribution in [0, 0.1) is 45.8 Å². The highest BCUT2D eigenvalue weighted by Gasteiger charge is 2.69. The Kier molecular flexibility index (Phi) is 8.96. The van der Waals surface area contributed by atoms with E-state index in [1.54, 1.807) is 12.3 Å². The summed E-state index contributed by atoms with van der Waals surface area (Å²) in [5.74, 6) is -1.07. The highest BCUT2D eigenvalue weighted by molar-refractivity contribution is 5.95. The molecule has 250 valence electrons. The number of aliphatic imine (C=N–C) groups is 1. The summed E-state index contributed by atoms with van der Waals surface area (Å²) in [5, 5.41) is 45.7. The lowest BCUT2D eigenvalue weighted by Crippen LogP contribution is -2.64. The van der Waals surface area contributed by atoms with Gasteiger partial charge in [-0.25, -0.2) is 4.98 Å². The number of guanidine groups is 1. The number of hydrogen-bond donors (Lipinski definition) is 6.